The van der Waals surface area contributed by atoms with Crippen LogP contribution >= 0.6 is 0 Å². The predicted octanol–water partition coefficient (Wildman–Crippen LogP) is 4.30. The van der Waals surface area contributed by atoms with Crippen molar-refractivity contribution in [3.63, 3.8) is 0 Å². The lowest BCUT2D eigenvalue weighted by Gasteiger charge is -2.29. The number of benzene rings is 1. The van der Waals surface area contributed by atoms with E-state index in [0.29, 0.717) is 5.56 Å². The van der Waals surface area contributed by atoms with E-state index in [2.05, 4.69) is 68.7 Å². The van der Waals surface area contributed by atoms with Gasteiger partial charge < -0.3 is 25.0 Å². The lowest BCUT2D eigenvalue weighted by Crippen LogP contribution is -2.43. The van der Waals surface area contributed by atoms with E-state index in [9.17, 15) is 5.26 Å². The maximum atomic E-state index is 9.70. The van der Waals surface area contributed by atoms with E-state index in [0.717, 1.165) is 93.0 Å². The number of rotatable bonds is 4. The van der Waals surface area contributed by atoms with Gasteiger partial charge in [0.2, 0.25) is 0 Å². The number of carboxylic acid groups (broad SMARTS) is 1. The maximum Gasteiger partial charge on any atom is 0.300 e. The second kappa shape index (κ2) is 14.3. The van der Waals surface area contributed by atoms with Crippen molar-refractivity contribution < 1.29 is 14.6 Å². The number of pyridine rings is 2. The van der Waals surface area contributed by atoms with Crippen molar-refractivity contribution in [2.75, 3.05) is 62.3 Å². The van der Waals surface area contributed by atoms with Gasteiger partial charge >= 0.3 is 0 Å². The van der Waals surface area contributed by atoms with E-state index in [1.165, 1.54) is 5.69 Å². The van der Waals surface area contributed by atoms with E-state index in [1.807, 2.05) is 30.8 Å². The number of aromatic nitrogens is 3. The molecule has 0 atom stereocenters. The van der Waals surface area contributed by atoms with Crippen LogP contribution in [-0.2, 0) is 9.53 Å². The Morgan fingerprint density at radius 3 is 2.22 bits per heavy atom. The Balaban J connectivity index is 0.000000596. The van der Waals surface area contributed by atoms with Crippen LogP contribution in [0.4, 0.5) is 11.5 Å². The summed E-state index contributed by atoms with van der Waals surface area (Å²) in [6.07, 6.45) is 5.52. The monoisotopic (exact) mass is 555 g/mol. The molecule has 10 heteroatoms. The minimum absolute atomic E-state index is 0.554. The third-order valence-electron chi connectivity index (χ3n) is 6.81. The number of carbonyl (C=O) groups is 1. The minimum atomic E-state index is -0.833. The van der Waals surface area contributed by atoms with Crippen LogP contribution in [0.15, 0.2) is 61.1 Å². The lowest BCUT2D eigenvalue weighted by atomic mass is 9.99. The lowest BCUT2D eigenvalue weighted by molar-refractivity contribution is -0.134. The first-order valence-electron chi connectivity index (χ1n) is 14.0. The molecule has 2 aliphatic heterocycles. The Morgan fingerprint density at radius 2 is 1.61 bits per heavy atom. The molecule has 5 heterocycles. The van der Waals surface area contributed by atoms with Crippen molar-refractivity contribution in [1.82, 2.24) is 19.9 Å². The molecule has 4 aromatic rings. The fourth-order valence-electron chi connectivity index (χ4n) is 4.89. The number of morpholine rings is 1. The highest BCUT2D eigenvalue weighted by molar-refractivity contribution is 5.87. The summed E-state index contributed by atoms with van der Waals surface area (Å²) in [6.45, 7) is 12.3. The van der Waals surface area contributed by atoms with E-state index >= 15 is 0 Å². The van der Waals surface area contributed by atoms with Gasteiger partial charge in [-0.25, -0.2) is 9.50 Å². The molecule has 2 aliphatic rings. The van der Waals surface area contributed by atoms with Crippen molar-refractivity contribution >= 4 is 23.0 Å². The molecule has 0 saturated carbocycles. The fraction of sp³-hybridized carbons (Fsp3) is 0.355. The van der Waals surface area contributed by atoms with Crippen LogP contribution in [-0.4, -0.2) is 78.2 Å². The van der Waals surface area contributed by atoms with Gasteiger partial charge in [-0.2, -0.15) is 10.4 Å². The fourth-order valence-corrected chi connectivity index (χ4v) is 4.89. The van der Waals surface area contributed by atoms with Crippen molar-refractivity contribution in [3.05, 3.63) is 66.6 Å². The Hall–Kier alpha value is -4.46. The molecule has 214 valence electrons. The van der Waals surface area contributed by atoms with E-state index < -0.39 is 5.97 Å². The number of aliphatic carboxylic acids is 1. The summed E-state index contributed by atoms with van der Waals surface area (Å²) in [5.74, 6) is 0.113. The molecular weight excluding hydrogens is 518 g/mol. The second-order valence-electron chi connectivity index (χ2n) is 9.41. The molecule has 0 amide bonds. The third kappa shape index (κ3) is 7.20. The summed E-state index contributed by atoms with van der Waals surface area (Å²) in [5.41, 5.74) is 6.66. The average molecular weight is 556 g/mol. The van der Waals surface area contributed by atoms with Crippen molar-refractivity contribution in [2.45, 2.75) is 20.8 Å². The normalized spacial score (nSPS) is 14.8. The highest BCUT2D eigenvalue weighted by atomic mass is 16.5. The molecule has 6 rings (SSSR count). The Morgan fingerprint density at radius 1 is 0.951 bits per heavy atom. The third-order valence-corrected chi connectivity index (χ3v) is 6.81. The van der Waals surface area contributed by atoms with Gasteiger partial charge in [-0.15, -0.1) is 0 Å². The zero-order valence-corrected chi connectivity index (χ0v) is 23.9. The van der Waals surface area contributed by atoms with Crippen LogP contribution in [0.1, 0.15) is 26.3 Å². The number of fused-ring (bicyclic) bond motifs is 1. The molecule has 0 spiro atoms. The van der Waals surface area contributed by atoms with E-state index in [-0.39, 0.29) is 0 Å². The molecule has 0 radical (unpaired) electrons. The Bertz CT molecular complexity index is 1460. The number of ether oxygens (including phenoxy) is 1. The number of piperazine rings is 1. The summed E-state index contributed by atoms with van der Waals surface area (Å²) in [5, 5.41) is 25.0. The summed E-state index contributed by atoms with van der Waals surface area (Å²) >= 11 is 0. The number of nitrogens with zero attached hydrogens (tertiary/aromatic N) is 6. The van der Waals surface area contributed by atoms with Gasteiger partial charge in [0.15, 0.2) is 0 Å². The Kier molecular flexibility index (Phi) is 10.3. The first-order chi connectivity index (χ1) is 20.0. The van der Waals surface area contributed by atoms with Gasteiger partial charge in [0, 0.05) is 81.0 Å². The predicted molar refractivity (Wildman–Crippen MR) is 161 cm³/mol. The molecule has 2 saturated heterocycles. The first-order valence-corrected chi connectivity index (χ1v) is 14.0. The molecule has 3 aromatic heterocycles. The molecule has 1 aromatic carbocycles. The number of carboxylic acids is 1. The summed E-state index contributed by atoms with van der Waals surface area (Å²) in [7, 11) is 0. The number of hydrogen-bond donors (Lipinski definition) is 2. The topological polar surface area (TPSA) is 119 Å². The van der Waals surface area contributed by atoms with E-state index in [4.69, 9.17) is 19.6 Å². The van der Waals surface area contributed by atoms with Gasteiger partial charge in [-0.3, -0.25) is 4.79 Å². The van der Waals surface area contributed by atoms with Crippen LogP contribution in [0.25, 0.3) is 27.8 Å². The van der Waals surface area contributed by atoms with Crippen molar-refractivity contribution in [2.24, 2.45) is 0 Å². The van der Waals surface area contributed by atoms with Gasteiger partial charge in [-0.05, 0) is 35.9 Å². The molecule has 0 aliphatic carbocycles. The van der Waals surface area contributed by atoms with Crippen LogP contribution < -0.4 is 15.1 Å². The van der Waals surface area contributed by atoms with Gasteiger partial charge in [0.1, 0.15) is 11.9 Å². The molecule has 10 nitrogen and oxygen atoms in total. The largest absolute Gasteiger partial charge is 0.481 e. The summed E-state index contributed by atoms with van der Waals surface area (Å²) in [6, 6.07) is 17.3. The SMILES string of the molecule is CC.CC(=O)O.N#Cc1cnn2cc(-c3ccc(N4CCNCC4)cc3)cc(-c3ccc(N4CCOCC4)nc3)c12. The van der Waals surface area contributed by atoms with Gasteiger partial charge in [0.25, 0.3) is 5.97 Å². The average Bonchev–Trinajstić information content (AvgIpc) is 3.46. The van der Waals surface area contributed by atoms with Crippen LogP contribution in [0, 0.1) is 11.3 Å². The van der Waals surface area contributed by atoms with Crippen LogP contribution in [0.3, 0.4) is 0 Å². The zero-order valence-electron chi connectivity index (χ0n) is 23.9. The maximum absolute atomic E-state index is 9.70. The van der Waals surface area contributed by atoms with Crippen LogP contribution in [0.5, 0.6) is 0 Å². The molecule has 41 heavy (non-hydrogen) atoms. The second-order valence-corrected chi connectivity index (χ2v) is 9.41. The molecule has 0 bridgehead atoms. The molecule has 2 fully saturated rings. The number of hydrogen-bond acceptors (Lipinski definition) is 8. The molecule has 2 N–H and O–H groups in total. The number of nitrogens with one attached hydrogen (secondary N) is 1. The molecule has 0 unspecified atom stereocenters. The van der Waals surface area contributed by atoms with Crippen LogP contribution in [0.2, 0.25) is 0 Å². The highest BCUT2D eigenvalue weighted by Gasteiger charge is 2.17. The zero-order chi connectivity index (χ0) is 29.2. The smallest absolute Gasteiger partial charge is 0.300 e. The van der Waals surface area contributed by atoms with Crippen molar-refractivity contribution in [1.29, 1.82) is 5.26 Å². The number of nitriles is 1. The minimum Gasteiger partial charge on any atom is -0.481 e. The number of anilines is 2. The Labute approximate surface area is 240 Å². The first kappa shape index (κ1) is 29.5. The van der Waals surface area contributed by atoms with Crippen molar-refractivity contribution in [3.8, 4) is 28.3 Å². The van der Waals surface area contributed by atoms with E-state index in [1.54, 1.807) is 6.20 Å². The molecular formula is C31H37N7O3. The standard InChI is InChI=1S/C27H27N7O.C2H4O2.C2H6/c28-16-23-18-31-34-19-22(20-1-4-24(5-2-20)32-9-7-29-8-10-32)15-25(27(23)34)21-3-6-26(30-17-21)33-11-13-35-14-12-33;1-2(3)4;1-2/h1-6,15,17-19,29H,7-14H2;1H3,(H,3,4);1-2H3. The van der Waals surface area contributed by atoms with Gasteiger partial charge in [0.05, 0.1) is 30.5 Å². The quantitative estimate of drug-likeness (QED) is 0.380. The summed E-state index contributed by atoms with van der Waals surface area (Å²) < 4.78 is 7.27. The summed E-state index contributed by atoms with van der Waals surface area (Å²) in [4.78, 5) is 18.4. The highest BCUT2D eigenvalue weighted by Crippen LogP contribution is 2.33. The van der Waals surface area contributed by atoms with Gasteiger partial charge in [-0.1, -0.05) is 26.0 Å².